The highest BCUT2D eigenvalue weighted by molar-refractivity contribution is 7.99. The molecule has 0 fully saturated rings. The number of carbonyl (C=O) groups excluding carboxylic acids is 2. The number of aromatic nitrogens is 4. The maximum Gasteiger partial charge on any atom is 0.217 e. The van der Waals surface area contributed by atoms with E-state index in [2.05, 4.69) is 26.2 Å². The van der Waals surface area contributed by atoms with Gasteiger partial charge in [-0.25, -0.2) is 0 Å². The second kappa shape index (κ2) is 8.74. The van der Waals surface area contributed by atoms with E-state index in [1.165, 1.54) is 16.6 Å². The van der Waals surface area contributed by atoms with Gasteiger partial charge in [0.05, 0.1) is 12.3 Å². The molecule has 0 aliphatic heterocycles. The van der Waals surface area contributed by atoms with Crippen LogP contribution in [0.5, 0.6) is 0 Å². The summed E-state index contributed by atoms with van der Waals surface area (Å²) in [5, 5.41) is 10.9. The van der Waals surface area contributed by atoms with Gasteiger partial charge in [-0.1, -0.05) is 17.8 Å². The number of hydrogen-bond acceptors (Lipinski definition) is 6. The SMILES string of the molecule is Cc1cc(C(=O)CSc2nnc(CCC(N)=O)n2C)c(C)n1Cc1cccs1. The van der Waals surface area contributed by atoms with Crippen molar-refractivity contribution in [1.29, 1.82) is 0 Å². The molecule has 0 aliphatic carbocycles. The Morgan fingerprint density at radius 1 is 1.29 bits per heavy atom. The van der Waals surface area contributed by atoms with E-state index >= 15 is 0 Å². The van der Waals surface area contributed by atoms with Crippen LogP contribution in [0.2, 0.25) is 0 Å². The summed E-state index contributed by atoms with van der Waals surface area (Å²) >= 11 is 3.06. The largest absolute Gasteiger partial charge is 0.370 e. The molecule has 1 amide bonds. The number of aryl methyl sites for hydroxylation is 2. The number of hydrogen-bond donors (Lipinski definition) is 1. The molecule has 9 heteroatoms. The van der Waals surface area contributed by atoms with Crippen molar-refractivity contribution in [3.8, 4) is 0 Å². The molecule has 0 spiro atoms. The third kappa shape index (κ3) is 4.53. The number of thiophene rings is 1. The summed E-state index contributed by atoms with van der Waals surface area (Å²) in [6.45, 7) is 4.79. The number of thioether (sulfide) groups is 1. The molecule has 2 N–H and O–H groups in total. The number of carbonyl (C=O) groups is 2. The zero-order valence-electron chi connectivity index (χ0n) is 16.1. The van der Waals surface area contributed by atoms with Gasteiger partial charge < -0.3 is 14.9 Å². The van der Waals surface area contributed by atoms with Crippen LogP contribution >= 0.6 is 23.1 Å². The van der Waals surface area contributed by atoms with Crippen LogP contribution in [0.3, 0.4) is 0 Å². The van der Waals surface area contributed by atoms with Gasteiger partial charge in [-0.2, -0.15) is 0 Å². The summed E-state index contributed by atoms with van der Waals surface area (Å²) in [5.41, 5.74) is 7.99. The summed E-state index contributed by atoms with van der Waals surface area (Å²) in [6, 6.07) is 6.10. The highest BCUT2D eigenvalue weighted by atomic mass is 32.2. The molecule has 0 bridgehead atoms. The van der Waals surface area contributed by atoms with Crippen molar-refractivity contribution in [3.63, 3.8) is 0 Å². The second-order valence-corrected chi connectivity index (χ2v) is 8.56. The fourth-order valence-electron chi connectivity index (χ4n) is 3.02. The number of primary amides is 1. The summed E-state index contributed by atoms with van der Waals surface area (Å²) in [5.74, 6) is 0.663. The van der Waals surface area contributed by atoms with Crippen LogP contribution < -0.4 is 5.73 Å². The Balaban J connectivity index is 1.66. The van der Waals surface area contributed by atoms with Gasteiger partial charge >= 0.3 is 0 Å². The van der Waals surface area contributed by atoms with Gasteiger partial charge in [0.1, 0.15) is 5.82 Å². The van der Waals surface area contributed by atoms with Gasteiger partial charge in [0.15, 0.2) is 10.9 Å². The van der Waals surface area contributed by atoms with E-state index in [0.29, 0.717) is 17.4 Å². The van der Waals surface area contributed by atoms with Crippen molar-refractivity contribution in [3.05, 3.63) is 51.2 Å². The minimum Gasteiger partial charge on any atom is -0.370 e. The standard InChI is InChI=1S/C19H23N5O2S2/c1-12-9-15(13(2)24(12)10-14-5-4-8-27-14)16(25)11-28-19-22-21-18(23(19)3)7-6-17(20)26/h4-5,8-9H,6-7,10-11H2,1-3H3,(H2,20,26). The van der Waals surface area contributed by atoms with Crippen LogP contribution in [0.1, 0.15) is 38.9 Å². The summed E-state index contributed by atoms with van der Waals surface area (Å²) < 4.78 is 3.98. The number of nitrogens with zero attached hydrogens (tertiary/aromatic N) is 4. The van der Waals surface area contributed by atoms with Gasteiger partial charge in [0, 0.05) is 41.7 Å². The average Bonchev–Trinajstić information content (AvgIpc) is 3.35. The first-order valence-corrected chi connectivity index (χ1v) is 10.7. The Labute approximate surface area is 172 Å². The predicted octanol–water partition coefficient (Wildman–Crippen LogP) is 2.74. The molecular formula is C19H23N5O2S2. The van der Waals surface area contributed by atoms with Crippen LogP contribution in [0.25, 0.3) is 0 Å². The molecule has 0 saturated heterocycles. The number of amides is 1. The first-order valence-electron chi connectivity index (χ1n) is 8.88. The number of nitrogens with two attached hydrogens (primary N) is 1. The molecule has 3 heterocycles. The van der Waals surface area contributed by atoms with Crippen LogP contribution in [0.4, 0.5) is 0 Å². The van der Waals surface area contributed by atoms with Gasteiger partial charge in [0.25, 0.3) is 0 Å². The molecule has 3 aromatic heterocycles. The zero-order chi connectivity index (χ0) is 20.3. The van der Waals surface area contributed by atoms with E-state index in [1.54, 1.807) is 15.9 Å². The Morgan fingerprint density at radius 3 is 2.75 bits per heavy atom. The third-order valence-electron chi connectivity index (χ3n) is 4.62. The van der Waals surface area contributed by atoms with Crippen LogP contribution in [-0.2, 0) is 24.8 Å². The molecule has 0 atom stereocenters. The molecule has 0 saturated carbocycles. The Hall–Kier alpha value is -2.39. The van der Waals surface area contributed by atoms with Gasteiger partial charge in [-0.3, -0.25) is 9.59 Å². The maximum absolute atomic E-state index is 12.8. The van der Waals surface area contributed by atoms with Crippen molar-refractivity contribution in [2.75, 3.05) is 5.75 Å². The van der Waals surface area contributed by atoms with E-state index in [4.69, 9.17) is 5.73 Å². The average molecular weight is 418 g/mol. The normalized spacial score (nSPS) is 11.1. The molecule has 28 heavy (non-hydrogen) atoms. The van der Waals surface area contributed by atoms with Crippen LogP contribution in [0.15, 0.2) is 28.7 Å². The topological polar surface area (TPSA) is 95.8 Å². The van der Waals surface area contributed by atoms with Gasteiger partial charge in [-0.05, 0) is 31.4 Å². The molecular weight excluding hydrogens is 394 g/mol. The number of ketones is 1. The first-order chi connectivity index (χ1) is 13.4. The van der Waals surface area contributed by atoms with Crippen molar-refractivity contribution in [2.45, 2.75) is 38.4 Å². The van der Waals surface area contributed by atoms with Gasteiger partial charge in [-0.15, -0.1) is 21.5 Å². The number of Topliss-reactive ketones (excluding diaryl/α,β-unsaturated/α-hetero) is 1. The van der Waals surface area contributed by atoms with Crippen molar-refractivity contribution in [2.24, 2.45) is 12.8 Å². The second-order valence-electron chi connectivity index (χ2n) is 6.59. The molecule has 3 rings (SSSR count). The Bertz CT molecular complexity index is 989. The predicted molar refractivity (Wildman–Crippen MR) is 111 cm³/mol. The van der Waals surface area contributed by atoms with Crippen molar-refractivity contribution >= 4 is 34.8 Å². The quantitative estimate of drug-likeness (QED) is 0.427. The zero-order valence-corrected chi connectivity index (χ0v) is 17.8. The summed E-state index contributed by atoms with van der Waals surface area (Å²) in [4.78, 5) is 25.0. The van der Waals surface area contributed by atoms with E-state index in [-0.39, 0.29) is 23.9 Å². The lowest BCUT2D eigenvalue weighted by atomic mass is 10.2. The van der Waals surface area contributed by atoms with Crippen molar-refractivity contribution < 1.29 is 9.59 Å². The minimum atomic E-state index is -0.370. The third-order valence-corrected chi connectivity index (χ3v) is 6.50. The smallest absolute Gasteiger partial charge is 0.217 e. The lowest BCUT2D eigenvalue weighted by molar-refractivity contribution is -0.118. The fourth-order valence-corrected chi connectivity index (χ4v) is 4.52. The molecule has 0 aliphatic rings. The van der Waals surface area contributed by atoms with E-state index in [9.17, 15) is 9.59 Å². The summed E-state index contributed by atoms with van der Waals surface area (Å²) in [6.07, 6.45) is 0.670. The highest BCUT2D eigenvalue weighted by Gasteiger charge is 2.18. The monoisotopic (exact) mass is 417 g/mol. The summed E-state index contributed by atoms with van der Waals surface area (Å²) in [7, 11) is 1.83. The molecule has 148 valence electrons. The molecule has 0 radical (unpaired) electrons. The van der Waals surface area contributed by atoms with Crippen LogP contribution in [-0.4, -0.2) is 36.8 Å². The van der Waals surface area contributed by atoms with E-state index in [1.807, 2.05) is 33.0 Å². The maximum atomic E-state index is 12.8. The highest BCUT2D eigenvalue weighted by Crippen LogP contribution is 2.23. The Morgan fingerprint density at radius 2 is 2.07 bits per heavy atom. The molecule has 0 unspecified atom stereocenters. The van der Waals surface area contributed by atoms with Crippen molar-refractivity contribution in [1.82, 2.24) is 19.3 Å². The molecule has 3 aromatic rings. The first kappa shape index (κ1) is 20.3. The Kier molecular flexibility index (Phi) is 6.35. The fraction of sp³-hybridized carbons (Fsp3) is 0.368. The lowest BCUT2D eigenvalue weighted by Gasteiger charge is -2.08. The minimum absolute atomic E-state index is 0.0669. The van der Waals surface area contributed by atoms with Gasteiger partial charge in [0.2, 0.25) is 5.91 Å². The van der Waals surface area contributed by atoms with E-state index in [0.717, 1.165) is 23.5 Å². The lowest BCUT2D eigenvalue weighted by Crippen LogP contribution is -2.13. The van der Waals surface area contributed by atoms with Crippen LogP contribution in [0, 0.1) is 13.8 Å². The van der Waals surface area contributed by atoms with E-state index < -0.39 is 0 Å². The molecule has 0 aromatic carbocycles. The molecule has 7 nitrogen and oxygen atoms in total. The number of rotatable bonds is 9.